The SMILES string of the molecule is C[C@@H]1CN(Cc2ccccc2)c2ccccc2C(=O)N1CCc1ccccc1. The first-order valence-electron chi connectivity index (χ1n) is 9.95. The summed E-state index contributed by atoms with van der Waals surface area (Å²) in [5, 5.41) is 0. The molecule has 3 aromatic carbocycles. The molecule has 1 aliphatic rings. The van der Waals surface area contributed by atoms with Gasteiger partial charge in [-0.1, -0.05) is 72.8 Å². The van der Waals surface area contributed by atoms with Crippen molar-refractivity contribution in [3.8, 4) is 0 Å². The van der Waals surface area contributed by atoms with Crippen molar-refractivity contribution < 1.29 is 4.79 Å². The molecule has 3 heteroatoms. The van der Waals surface area contributed by atoms with Crippen LogP contribution in [0.1, 0.15) is 28.4 Å². The Balaban J connectivity index is 1.60. The first-order valence-corrected chi connectivity index (χ1v) is 9.95. The quantitative estimate of drug-likeness (QED) is 0.645. The smallest absolute Gasteiger partial charge is 0.256 e. The van der Waals surface area contributed by atoms with E-state index < -0.39 is 0 Å². The molecule has 0 aliphatic carbocycles. The molecule has 3 nitrogen and oxygen atoms in total. The molecule has 0 saturated heterocycles. The molecule has 3 aromatic rings. The number of para-hydroxylation sites is 1. The summed E-state index contributed by atoms with van der Waals surface area (Å²) >= 11 is 0. The van der Waals surface area contributed by atoms with Gasteiger partial charge in [-0.05, 0) is 36.6 Å². The van der Waals surface area contributed by atoms with Crippen molar-refractivity contribution in [1.82, 2.24) is 4.90 Å². The minimum absolute atomic E-state index is 0.134. The monoisotopic (exact) mass is 370 g/mol. The standard InChI is InChI=1S/C25H26N2O/c1-20-18-26(19-22-12-6-3-7-13-22)24-15-9-8-14-23(24)25(28)27(20)17-16-21-10-4-2-5-11-21/h2-15,20H,16-19H2,1H3/t20-/m1/s1. The van der Waals surface area contributed by atoms with Crippen LogP contribution in [-0.2, 0) is 13.0 Å². The molecule has 142 valence electrons. The Morgan fingerprint density at radius 2 is 1.43 bits per heavy atom. The van der Waals surface area contributed by atoms with Crippen molar-refractivity contribution in [1.29, 1.82) is 0 Å². The molecule has 0 unspecified atom stereocenters. The van der Waals surface area contributed by atoms with Crippen LogP contribution in [-0.4, -0.2) is 29.9 Å². The van der Waals surface area contributed by atoms with E-state index in [4.69, 9.17) is 0 Å². The van der Waals surface area contributed by atoms with Crippen LogP contribution in [0.5, 0.6) is 0 Å². The highest BCUT2D eigenvalue weighted by molar-refractivity contribution is 6.00. The molecule has 1 aliphatic heterocycles. The Morgan fingerprint density at radius 1 is 0.821 bits per heavy atom. The van der Waals surface area contributed by atoms with Crippen molar-refractivity contribution in [3.05, 3.63) is 102 Å². The van der Waals surface area contributed by atoms with Gasteiger partial charge < -0.3 is 9.80 Å². The number of hydrogen-bond acceptors (Lipinski definition) is 2. The van der Waals surface area contributed by atoms with Gasteiger partial charge in [-0.2, -0.15) is 0 Å². The Kier molecular flexibility index (Phi) is 5.43. The molecule has 0 spiro atoms. The molecule has 1 atom stereocenters. The maximum Gasteiger partial charge on any atom is 0.256 e. The number of anilines is 1. The number of benzene rings is 3. The topological polar surface area (TPSA) is 23.6 Å². The molecule has 28 heavy (non-hydrogen) atoms. The second-order valence-electron chi connectivity index (χ2n) is 7.47. The van der Waals surface area contributed by atoms with E-state index in [0.29, 0.717) is 0 Å². The lowest BCUT2D eigenvalue weighted by Gasteiger charge is -2.30. The second kappa shape index (κ2) is 8.30. The van der Waals surface area contributed by atoms with Crippen molar-refractivity contribution in [2.45, 2.75) is 25.9 Å². The van der Waals surface area contributed by atoms with Crippen LogP contribution in [0.2, 0.25) is 0 Å². The summed E-state index contributed by atoms with van der Waals surface area (Å²) in [5.74, 6) is 0.134. The van der Waals surface area contributed by atoms with Gasteiger partial charge in [-0.15, -0.1) is 0 Å². The zero-order chi connectivity index (χ0) is 19.3. The Morgan fingerprint density at radius 3 is 2.14 bits per heavy atom. The van der Waals surface area contributed by atoms with Gasteiger partial charge in [-0.3, -0.25) is 4.79 Å². The van der Waals surface area contributed by atoms with Gasteiger partial charge in [-0.25, -0.2) is 0 Å². The molecule has 0 N–H and O–H groups in total. The second-order valence-corrected chi connectivity index (χ2v) is 7.47. The number of carbonyl (C=O) groups is 1. The van der Waals surface area contributed by atoms with Gasteiger partial charge in [0, 0.05) is 31.4 Å². The van der Waals surface area contributed by atoms with E-state index in [1.54, 1.807) is 0 Å². The minimum Gasteiger partial charge on any atom is -0.365 e. The first kappa shape index (κ1) is 18.3. The summed E-state index contributed by atoms with van der Waals surface area (Å²) in [6.07, 6.45) is 0.873. The Labute approximate surface area is 167 Å². The molecular weight excluding hydrogens is 344 g/mol. The lowest BCUT2D eigenvalue weighted by atomic mass is 10.1. The third-order valence-corrected chi connectivity index (χ3v) is 5.45. The van der Waals surface area contributed by atoms with Gasteiger partial charge >= 0.3 is 0 Å². The summed E-state index contributed by atoms with van der Waals surface area (Å²) in [6.45, 7) is 4.53. The van der Waals surface area contributed by atoms with Crippen LogP contribution in [0, 0.1) is 0 Å². The van der Waals surface area contributed by atoms with Crippen LogP contribution in [0.25, 0.3) is 0 Å². The van der Waals surface area contributed by atoms with Crippen LogP contribution in [0.15, 0.2) is 84.9 Å². The Bertz CT molecular complexity index is 924. The van der Waals surface area contributed by atoms with Gasteiger partial charge in [0.05, 0.1) is 5.56 Å². The molecule has 0 aromatic heterocycles. The minimum atomic E-state index is 0.134. The van der Waals surface area contributed by atoms with Crippen LogP contribution in [0.3, 0.4) is 0 Å². The first-order chi connectivity index (χ1) is 13.7. The third kappa shape index (κ3) is 3.94. The number of hydrogen-bond donors (Lipinski definition) is 0. The van der Waals surface area contributed by atoms with Crippen LogP contribution in [0.4, 0.5) is 5.69 Å². The summed E-state index contributed by atoms with van der Waals surface area (Å²) in [6, 6.07) is 29.0. The largest absolute Gasteiger partial charge is 0.365 e. The predicted octanol–water partition coefficient (Wildman–Crippen LogP) is 4.78. The Hall–Kier alpha value is -3.07. The molecule has 0 bridgehead atoms. The molecule has 0 radical (unpaired) electrons. The molecule has 0 fully saturated rings. The molecular formula is C25H26N2O. The number of fused-ring (bicyclic) bond motifs is 1. The number of carbonyl (C=O) groups excluding carboxylic acids is 1. The van der Waals surface area contributed by atoms with E-state index in [1.807, 2.05) is 35.2 Å². The molecule has 1 amide bonds. The van der Waals surface area contributed by atoms with Gasteiger partial charge in [0.2, 0.25) is 0 Å². The predicted molar refractivity (Wildman–Crippen MR) is 115 cm³/mol. The fourth-order valence-electron chi connectivity index (χ4n) is 3.97. The van der Waals surface area contributed by atoms with Crippen molar-refractivity contribution in [3.63, 3.8) is 0 Å². The van der Waals surface area contributed by atoms with E-state index >= 15 is 0 Å². The van der Waals surface area contributed by atoms with E-state index in [9.17, 15) is 4.79 Å². The van der Waals surface area contributed by atoms with E-state index in [-0.39, 0.29) is 11.9 Å². The van der Waals surface area contributed by atoms with Gasteiger partial charge in [0.25, 0.3) is 5.91 Å². The fourth-order valence-corrected chi connectivity index (χ4v) is 3.97. The lowest BCUT2D eigenvalue weighted by molar-refractivity contribution is 0.0708. The number of rotatable bonds is 5. The normalized spacial score (nSPS) is 16.6. The van der Waals surface area contributed by atoms with Gasteiger partial charge in [0.15, 0.2) is 0 Å². The summed E-state index contributed by atoms with van der Waals surface area (Å²) < 4.78 is 0. The average Bonchev–Trinajstić information content (AvgIpc) is 2.83. The zero-order valence-corrected chi connectivity index (χ0v) is 16.3. The summed E-state index contributed by atoms with van der Waals surface area (Å²) in [5.41, 5.74) is 4.36. The van der Waals surface area contributed by atoms with E-state index in [1.165, 1.54) is 11.1 Å². The van der Waals surface area contributed by atoms with Crippen molar-refractivity contribution in [2.24, 2.45) is 0 Å². The van der Waals surface area contributed by atoms with Crippen LogP contribution < -0.4 is 4.90 Å². The zero-order valence-electron chi connectivity index (χ0n) is 16.3. The highest BCUT2D eigenvalue weighted by Gasteiger charge is 2.30. The maximum absolute atomic E-state index is 13.4. The van der Waals surface area contributed by atoms with Crippen molar-refractivity contribution >= 4 is 11.6 Å². The molecule has 4 rings (SSSR count). The maximum atomic E-state index is 13.4. The summed E-state index contributed by atoms with van der Waals surface area (Å²) in [4.78, 5) is 17.7. The van der Waals surface area contributed by atoms with E-state index in [0.717, 1.165) is 37.3 Å². The number of nitrogens with zero attached hydrogens (tertiary/aromatic N) is 2. The molecule has 0 saturated carbocycles. The van der Waals surface area contributed by atoms with Gasteiger partial charge in [0.1, 0.15) is 0 Å². The fraction of sp³-hybridized carbons (Fsp3) is 0.240. The number of amides is 1. The van der Waals surface area contributed by atoms with E-state index in [2.05, 4.69) is 66.4 Å². The average molecular weight is 370 g/mol. The third-order valence-electron chi connectivity index (χ3n) is 5.45. The molecule has 1 heterocycles. The van der Waals surface area contributed by atoms with Crippen LogP contribution >= 0.6 is 0 Å². The highest BCUT2D eigenvalue weighted by Crippen LogP contribution is 2.28. The highest BCUT2D eigenvalue weighted by atomic mass is 16.2. The summed E-state index contributed by atoms with van der Waals surface area (Å²) in [7, 11) is 0. The van der Waals surface area contributed by atoms with Crippen molar-refractivity contribution in [2.75, 3.05) is 18.0 Å². The lowest BCUT2D eigenvalue weighted by Crippen LogP contribution is -2.43.